The lowest BCUT2D eigenvalue weighted by molar-refractivity contribution is -0.128. The van der Waals surface area contributed by atoms with E-state index in [-0.39, 0.29) is 18.2 Å². The Morgan fingerprint density at radius 2 is 1.61 bits per heavy atom. The number of nitrogens with one attached hydrogen (secondary N) is 1. The Kier molecular flexibility index (Phi) is 6.94. The normalized spacial score (nSPS) is 16.9. The minimum atomic E-state index is -0.512. The van der Waals surface area contributed by atoms with Gasteiger partial charge in [0.2, 0.25) is 11.8 Å². The molecule has 1 aliphatic heterocycles. The molecule has 4 rings (SSSR count). The van der Waals surface area contributed by atoms with Gasteiger partial charge in [-0.2, -0.15) is 0 Å². The van der Waals surface area contributed by atoms with E-state index in [1.807, 2.05) is 93.6 Å². The molecule has 0 bridgehead atoms. The number of aliphatic imine (C=N–C) groups is 1. The van der Waals surface area contributed by atoms with E-state index in [4.69, 9.17) is 4.99 Å². The number of nitrogens with zero attached hydrogens (tertiary/aromatic N) is 2. The third-order valence-corrected chi connectivity index (χ3v) is 6.75. The van der Waals surface area contributed by atoms with Crippen molar-refractivity contribution in [3.8, 4) is 0 Å². The number of rotatable bonds is 6. The smallest absolute Gasteiger partial charge is 0.242 e. The van der Waals surface area contributed by atoms with E-state index in [1.54, 1.807) is 4.90 Å². The first-order valence-corrected chi connectivity index (χ1v) is 11.8. The minimum absolute atomic E-state index is 0.0908. The summed E-state index contributed by atoms with van der Waals surface area (Å²) in [5.41, 5.74) is 5.79. The highest BCUT2D eigenvalue weighted by Crippen LogP contribution is 2.33. The maximum absolute atomic E-state index is 13.3. The lowest BCUT2D eigenvalue weighted by atomic mass is 10.1. The predicted octanol–water partition coefficient (Wildman–Crippen LogP) is 5.77. The molecule has 1 N–H and O–H groups in total. The van der Waals surface area contributed by atoms with Crippen LogP contribution in [0, 0.1) is 20.8 Å². The quantitative estimate of drug-likeness (QED) is 0.511. The van der Waals surface area contributed by atoms with E-state index in [1.165, 1.54) is 17.3 Å². The van der Waals surface area contributed by atoms with E-state index in [0.717, 1.165) is 28.1 Å². The van der Waals surface area contributed by atoms with Crippen LogP contribution in [0.15, 0.2) is 77.8 Å². The van der Waals surface area contributed by atoms with Crippen LogP contribution in [-0.4, -0.2) is 27.1 Å². The number of thioether (sulfide) groups is 1. The van der Waals surface area contributed by atoms with Crippen LogP contribution in [0.2, 0.25) is 0 Å². The van der Waals surface area contributed by atoms with Gasteiger partial charge >= 0.3 is 0 Å². The molecule has 0 aliphatic carbocycles. The highest BCUT2D eigenvalue weighted by Gasteiger charge is 2.39. The van der Waals surface area contributed by atoms with Gasteiger partial charge in [0.15, 0.2) is 5.17 Å². The third kappa shape index (κ3) is 5.52. The predicted molar refractivity (Wildman–Crippen MR) is 136 cm³/mol. The second-order valence-electron chi connectivity index (χ2n) is 8.27. The van der Waals surface area contributed by atoms with Crippen molar-refractivity contribution < 1.29 is 9.59 Å². The molecule has 33 heavy (non-hydrogen) atoms. The molecule has 1 saturated heterocycles. The standard InChI is InChI=1S/C27H27N3O2S/c1-18-12-14-21(15-13-18)17-30-26(32)23(33-27(30)28-22-10-5-4-6-11-22)16-24(31)29-25-19(2)8-7-9-20(25)3/h4-15,23H,16-17H2,1-3H3,(H,29,31). The Hall–Kier alpha value is -3.38. The summed E-state index contributed by atoms with van der Waals surface area (Å²) < 4.78 is 0. The topological polar surface area (TPSA) is 61.8 Å². The minimum Gasteiger partial charge on any atom is -0.326 e. The van der Waals surface area contributed by atoms with Crippen molar-refractivity contribution in [3.05, 3.63) is 95.1 Å². The van der Waals surface area contributed by atoms with Crippen molar-refractivity contribution in [2.24, 2.45) is 4.99 Å². The van der Waals surface area contributed by atoms with E-state index in [9.17, 15) is 9.59 Å². The summed E-state index contributed by atoms with van der Waals surface area (Å²) in [6.45, 7) is 6.39. The summed E-state index contributed by atoms with van der Waals surface area (Å²) >= 11 is 1.36. The van der Waals surface area contributed by atoms with Gasteiger partial charge in [0.05, 0.1) is 12.2 Å². The number of anilines is 1. The van der Waals surface area contributed by atoms with Crippen LogP contribution in [-0.2, 0) is 16.1 Å². The molecule has 2 amide bonds. The van der Waals surface area contributed by atoms with Gasteiger partial charge in [-0.3, -0.25) is 14.5 Å². The van der Waals surface area contributed by atoms with Crippen LogP contribution < -0.4 is 5.32 Å². The number of hydrogen-bond acceptors (Lipinski definition) is 4. The van der Waals surface area contributed by atoms with E-state index in [0.29, 0.717) is 11.7 Å². The number of carbonyl (C=O) groups is 2. The fourth-order valence-electron chi connectivity index (χ4n) is 3.73. The molecular formula is C27H27N3O2S. The summed E-state index contributed by atoms with van der Waals surface area (Å²) in [5, 5.41) is 3.11. The van der Waals surface area contributed by atoms with E-state index >= 15 is 0 Å². The van der Waals surface area contributed by atoms with Crippen molar-refractivity contribution in [3.63, 3.8) is 0 Å². The lowest BCUT2D eigenvalue weighted by Crippen LogP contribution is -2.33. The molecule has 0 saturated carbocycles. The highest BCUT2D eigenvalue weighted by molar-refractivity contribution is 8.15. The molecule has 168 valence electrons. The Morgan fingerprint density at radius 1 is 0.939 bits per heavy atom. The molecule has 6 heteroatoms. The zero-order chi connectivity index (χ0) is 23.4. The fraction of sp³-hybridized carbons (Fsp3) is 0.222. The van der Waals surface area contributed by atoms with Crippen LogP contribution in [0.25, 0.3) is 0 Å². The van der Waals surface area contributed by atoms with Gasteiger partial charge in [-0.1, -0.05) is 78.0 Å². The molecule has 1 heterocycles. The second kappa shape index (κ2) is 10.0. The molecule has 1 aliphatic rings. The van der Waals surface area contributed by atoms with E-state index in [2.05, 4.69) is 5.32 Å². The number of para-hydroxylation sites is 2. The molecule has 3 aromatic carbocycles. The van der Waals surface area contributed by atoms with Crippen LogP contribution in [0.1, 0.15) is 28.7 Å². The SMILES string of the molecule is Cc1ccc(CN2C(=O)C(CC(=O)Nc3c(C)cccc3C)SC2=Nc2ccccc2)cc1. The lowest BCUT2D eigenvalue weighted by Gasteiger charge is -2.17. The molecule has 1 fully saturated rings. The first-order chi connectivity index (χ1) is 15.9. The van der Waals surface area contributed by atoms with Crippen molar-refractivity contribution in [1.82, 2.24) is 4.90 Å². The van der Waals surface area contributed by atoms with Gasteiger partial charge < -0.3 is 5.32 Å². The average molecular weight is 458 g/mol. The first kappa shape index (κ1) is 22.8. The zero-order valence-electron chi connectivity index (χ0n) is 19.0. The monoisotopic (exact) mass is 457 g/mol. The van der Waals surface area contributed by atoms with Gasteiger partial charge in [0.1, 0.15) is 5.25 Å². The van der Waals surface area contributed by atoms with Gasteiger partial charge in [0, 0.05) is 12.1 Å². The molecule has 0 aromatic heterocycles. The van der Waals surface area contributed by atoms with Gasteiger partial charge in [-0.05, 0) is 49.6 Å². The Labute approximate surface area is 198 Å². The molecule has 1 unspecified atom stereocenters. The number of aryl methyl sites for hydroxylation is 3. The molecule has 3 aromatic rings. The fourth-order valence-corrected chi connectivity index (χ4v) is 4.89. The van der Waals surface area contributed by atoms with Crippen molar-refractivity contribution in [1.29, 1.82) is 0 Å². The maximum Gasteiger partial charge on any atom is 0.242 e. The van der Waals surface area contributed by atoms with Crippen molar-refractivity contribution >= 4 is 40.1 Å². The van der Waals surface area contributed by atoms with Crippen LogP contribution in [0.5, 0.6) is 0 Å². The third-order valence-electron chi connectivity index (χ3n) is 5.58. The summed E-state index contributed by atoms with van der Waals surface area (Å²) in [5.74, 6) is -0.263. The molecular weight excluding hydrogens is 430 g/mol. The van der Waals surface area contributed by atoms with E-state index < -0.39 is 5.25 Å². The Bertz CT molecular complexity index is 1170. The second-order valence-corrected chi connectivity index (χ2v) is 9.44. The largest absolute Gasteiger partial charge is 0.326 e. The number of benzene rings is 3. The van der Waals surface area contributed by atoms with Crippen molar-refractivity contribution in [2.75, 3.05) is 5.32 Å². The van der Waals surface area contributed by atoms with Gasteiger partial charge in [-0.15, -0.1) is 0 Å². The Morgan fingerprint density at radius 3 is 2.27 bits per heavy atom. The number of hydrogen-bond donors (Lipinski definition) is 1. The highest BCUT2D eigenvalue weighted by atomic mass is 32.2. The number of amidine groups is 1. The summed E-state index contributed by atoms with van der Waals surface area (Å²) in [4.78, 5) is 32.6. The summed E-state index contributed by atoms with van der Waals surface area (Å²) in [6.07, 6.45) is 0.0927. The maximum atomic E-state index is 13.3. The van der Waals surface area contributed by atoms with Crippen LogP contribution in [0.4, 0.5) is 11.4 Å². The zero-order valence-corrected chi connectivity index (χ0v) is 19.9. The van der Waals surface area contributed by atoms with Gasteiger partial charge in [-0.25, -0.2) is 4.99 Å². The number of carbonyl (C=O) groups excluding carboxylic acids is 2. The number of amides is 2. The van der Waals surface area contributed by atoms with Gasteiger partial charge in [0.25, 0.3) is 0 Å². The summed E-state index contributed by atoms with van der Waals surface area (Å²) in [6, 6.07) is 23.6. The van der Waals surface area contributed by atoms with Crippen LogP contribution in [0.3, 0.4) is 0 Å². The van der Waals surface area contributed by atoms with Crippen LogP contribution >= 0.6 is 11.8 Å². The van der Waals surface area contributed by atoms with Crippen molar-refractivity contribution in [2.45, 2.75) is 39.0 Å². The summed E-state index contributed by atoms with van der Waals surface area (Å²) in [7, 11) is 0. The molecule has 5 nitrogen and oxygen atoms in total. The average Bonchev–Trinajstić information content (AvgIpc) is 3.07. The Balaban J connectivity index is 1.55. The first-order valence-electron chi connectivity index (χ1n) is 10.9. The molecule has 0 radical (unpaired) electrons. The molecule has 0 spiro atoms. The molecule has 1 atom stereocenters.